The summed E-state index contributed by atoms with van der Waals surface area (Å²) in [6, 6.07) is 2.60. The smallest absolute Gasteiger partial charge is 0.328 e. The van der Waals surface area contributed by atoms with Crippen LogP contribution < -0.4 is 4.74 Å². The van der Waals surface area contributed by atoms with Gasteiger partial charge in [0.05, 0.1) is 9.40 Å². The van der Waals surface area contributed by atoms with Crippen LogP contribution >= 0.6 is 27.5 Å². The summed E-state index contributed by atoms with van der Waals surface area (Å²) >= 11 is 8.78. The number of carboxylic acid groups (broad SMARTS) is 1. The molecule has 0 radical (unpaired) electrons. The first-order chi connectivity index (χ1) is 8.41. The first kappa shape index (κ1) is 14.5. The Bertz CT molecular complexity index is 517. The summed E-state index contributed by atoms with van der Waals surface area (Å²) in [7, 11) is 0. The number of nitro benzene ring substituents is 1. The van der Waals surface area contributed by atoms with E-state index in [0.717, 1.165) is 12.1 Å². The molecule has 1 aromatic carbocycles. The Labute approximate surface area is 115 Å². The van der Waals surface area contributed by atoms with Gasteiger partial charge in [0.1, 0.15) is 6.61 Å². The van der Waals surface area contributed by atoms with Gasteiger partial charge in [0.2, 0.25) is 5.75 Å². The van der Waals surface area contributed by atoms with Crippen molar-refractivity contribution in [2.45, 2.75) is 0 Å². The van der Waals surface area contributed by atoms with E-state index in [4.69, 9.17) is 21.4 Å². The van der Waals surface area contributed by atoms with Crippen LogP contribution in [0.5, 0.6) is 5.75 Å². The topological polar surface area (TPSA) is 89.7 Å². The van der Waals surface area contributed by atoms with Gasteiger partial charge in [-0.15, -0.1) is 0 Å². The molecule has 0 aliphatic carbocycles. The van der Waals surface area contributed by atoms with Gasteiger partial charge in [-0.2, -0.15) is 0 Å². The van der Waals surface area contributed by atoms with Gasteiger partial charge in [-0.3, -0.25) is 10.1 Å². The third kappa shape index (κ3) is 4.01. The molecule has 0 aliphatic rings. The molecule has 0 unspecified atom stereocenters. The average Bonchev–Trinajstić information content (AvgIpc) is 2.25. The molecule has 0 aromatic heterocycles. The van der Waals surface area contributed by atoms with E-state index in [1.54, 1.807) is 0 Å². The van der Waals surface area contributed by atoms with Gasteiger partial charge < -0.3 is 9.84 Å². The molecule has 0 atom stereocenters. The molecule has 1 rings (SSSR count). The molecule has 8 heteroatoms. The number of hydrogen-bond acceptors (Lipinski definition) is 4. The van der Waals surface area contributed by atoms with Crippen LogP contribution in [0.1, 0.15) is 0 Å². The minimum absolute atomic E-state index is 0.000520. The number of hydrogen-bond donors (Lipinski definition) is 1. The Morgan fingerprint density at radius 3 is 2.83 bits per heavy atom. The molecule has 0 spiro atoms. The van der Waals surface area contributed by atoms with Crippen LogP contribution in [0.3, 0.4) is 0 Å². The molecule has 6 nitrogen and oxygen atoms in total. The third-order valence-electron chi connectivity index (χ3n) is 1.77. The lowest BCUT2D eigenvalue weighted by atomic mass is 10.3. The maximum atomic E-state index is 10.8. The van der Waals surface area contributed by atoms with Gasteiger partial charge in [-0.05, 0) is 28.1 Å². The largest absolute Gasteiger partial charge is 0.482 e. The molecule has 1 aromatic rings. The van der Waals surface area contributed by atoms with E-state index in [9.17, 15) is 14.9 Å². The minimum atomic E-state index is -1.12. The van der Waals surface area contributed by atoms with Crippen molar-refractivity contribution in [2.24, 2.45) is 0 Å². The lowest BCUT2D eigenvalue weighted by molar-refractivity contribution is -0.385. The fraction of sp³-hybridized carbons (Fsp3) is 0.100. The van der Waals surface area contributed by atoms with E-state index in [2.05, 4.69) is 15.9 Å². The summed E-state index contributed by atoms with van der Waals surface area (Å²) in [5.41, 5.74) is -0.293. The fourth-order valence-corrected chi connectivity index (χ4v) is 2.01. The highest BCUT2D eigenvalue weighted by molar-refractivity contribution is 9.10. The number of nitrogens with zero attached hydrogens (tertiary/aromatic N) is 1. The van der Waals surface area contributed by atoms with Crippen molar-refractivity contribution in [1.29, 1.82) is 0 Å². The zero-order chi connectivity index (χ0) is 13.7. The summed E-state index contributed by atoms with van der Waals surface area (Å²) in [6.45, 7) is -0.104. The highest BCUT2D eigenvalue weighted by atomic mass is 79.9. The quantitative estimate of drug-likeness (QED) is 0.507. The van der Waals surface area contributed by atoms with Crippen molar-refractivity contribution in [1.82, 2.24) is 0 Å². The summed E-state index contributed by atoms with van der Waals surface area (Å²) < 4.78 is 5.46. The number of aliphatic carboxylic acids is 1. The molecule has 0 bridgehead atoms. The van der Waals surface area contributed by atoms with Gasteiger partial charge in [0.15, 0.2) is 0 Å². The first-order valence-corrected chi connectivity index (χ1v) is 5.74. The van der Waals surface area contributed by atoms with Crippen LogP contribution in [0, 0.1) is 10.1 Å². The van der Waals surface area contributed by atoms with Crippen LogP contribution in [0.4, 0.5) is 5.69 Å². The fourth-order valence-electron chi connectivity index (χ4n) is 1.11. The summed E-state index contributed by atoms with van der Waals surface area (Å²) in [6.07, 6.45) is 2.11. The Morgan fingerprint density at radius 2 is 2.28 bits per heavy atom. The van der Waals surface area contributed by atoms with Gasteiger partial charge in [0, 0.05) is 17.2 Å². The van der Waals surface area contributed by atoms with Crippen LogP contribution in [-0.2, 0) is 4.79 Å². The molecule has 0 amide bonds. The molecule has 96 valence electrons. The van der Waals surface area contributed by atoms with E-state index in [1.807, 2.05) is 0 Å². The predicted octanol–water partition coefficient (Wildman–Crippen LogP) is 3.03. The second-order valence-corrected chi connectivity index (χ2v) is 4.34. The SMILES string of the molecule is O=C(O)C=CCOc1c(Br)cc(Cl)cc1[N+](=O)[O-]. The lowest BCUT2D eigenvalue weighted by Crippen LogP contribution is -2.00. The number of nitro groups is 1. The maximum absolute atomic E-state index is 10.8. The highest BCUT2D eigenvalue weighted by Crippen LogP contribution is 2.37. The van der Waals surface area contributed by atoms with Gasteiger partial charge >= 0.3 is 11.7 Å². The van der Waals surface area contributed by atoms with Gasteiger partial charge in [-0.1, -0.05) is 11.6 Å². The van der Waals surface area contributed by atoms with Crippen molar-refractivity contribution in [2.75, 3.05) is 6.61 Å². The Kier molecular flexibility index (Phi) is 5.11. The molecule has 0 saturated carbocycles. The molecule has 0 saturated heterocycles. The van der Waals surface area contributed by atoms with Crippen molar-refractivity contribution >= 4 is 39.2 Å². The molecule has 18 heavy (non-hydrogen) atoms. The van der Waals surface area contributed by atoms with Crippen molar-refractivity contribution in [3.8, 4) is 5.75 Å². The van der Waals surface area contributed by atoms with E-state index in [0.29, 0.717) is 4.47 Å². The average molecular weight is 337 g/mol. The Morgan fingerprint density at radius 1 is 1.61 bits per heavy atom. The highest BCUT2D eigenvalue weighted by Gasteiger charge is 2.19. The number of carboxylic acids is 1. The van der Waals surface area contributed by atoms with E-state index in [1.165, 1.54) is 12.1 Å². The number of carbonyl (C=O) groups is 1. The van der Waals surface area contributed by atoms with Crippen molar-refractivity contribution in [3.63, 3.8) is 0 Å². The van der Waals surface area contributed by atoms with Crippen LogP contribution in [0.25, 0.3) is 0 Å². The number of halogens is 2. The summed E-state index contributed by atoms with van der Waals surface area (Å²) in [5.74, 6) is -1.12. The van der Waals surface area contributed by atoms with E-state index < -0.39 is 10.9 Å². The number of ether oxygens (including phenoxy) is 1. The molecule has 1 N–H and O–H groups in total. The number of rotatable bonds is 5. The predicted molar refractivity (Wildman–Crippen MR) is 68.1 cm³/mol. The summed E-state index contributed by atoms with van der Waals surface area (Å²) in [5, 5.41) is 19.4. The Balaban J connectivity index is 2.93. The van der Waals surface area contributed by atoms with Crippen LogP contribution in [0.2, 0.25) is 5.02 Å². The van der Waals surface area contributed by atoms with Crippen molar-refractivity contribution in [3.05, 3.63) is 43.9 Å². The normalized spacial score (nSPS) is 10.6. The zero-order valence-corrected chi connectivity index (χ0v) is 11.1. The van der Waals surface area contributed by atoms with Gasteiger partial charge in [-0.25, -0.2) is 4.79 Å². The standard InChI is InChI=1S/C10H7BrClNO5/c11-7-4-6(12)5-8(13(16)17)10(7)18-3-1-2-9(14)15/h1-2,4-5H,3H2,(H,14,15). The van der Waals surface area contributed by atoms with E-state index in [-0.39, 0.29) is 23.1 Å². The van der Waals surface area contributed by atoms with Crippen molar-refractivity contribution < 1.29 is 19.6 Å². The Hall–Kier alpha value is -1.60. The number of benzene rings is 1. The van der Waals surface area contributed by atoms with Crippen LogP contribution in [-0.4, -0.2) is 22.6 Å². The minimum Gasteiger partial charge on any atom is -0.482 e. The van der Waals surface area contributed by atoms with Gasteiger partial charge in [0.25, 0.3) is 0 Å². The molecular weight excluding hydrogens is 329 g/mol. The second-order valence-electron chi connectivity index (χ2n) is 3.04. The molecular formula is C10H7BrClNO5. The molecule has 0 aliphatic heterocycles. The first-order valence-electron chi connectivity index (χ1n) is 4.57. The zero-order valence-electron chi connectivity index (χ0n) is 8.80. The second kappa shape index (κ2) is 6.36. The maximum Gasteiger partial charge on any atom is 0.328 e. The molecule has 0 fully saturated rings. The van der Waals surface area contributed by atoms with E-state index >= 15 is 0 Å². The monoisotopic (exact) mass is 335 g/mol. The summed E-state index contributed by atoms with van der Waals surface area (Å²) in [4.78, 5) is 20.4. The third-order valence-corrected chi connectivity index (χ3v) is 2.58. The van der Waals surface area contributed by atoms with Crippen LogP contribution in [0.15, 0.2) is 28.8 Å². The lowest BCUT2D eigenvalue weighted by Gasteiger charge is -2.06. The molecule has 0 heterocycles.